The van der Waals surface area contributed by atoms with Crippen molar-refractivity contribution in [1.29, 1.82) is 0 Å². The van der Waals surface area contributed by atoms with Gasteiger partial charge in [-0.2, -0.15) is 0 Å². The van der Waals surface area contributed by atoms with Crippen LogP contribution >= 0.6 is 11.6 Å². The fourth-order valence-electron chi connectivity index (χ4n) is 8.70. The average Bonchev–Trinajstić information content (AvgIpc) is 3.21. The normalized spacial score (nSPS) is 30.1. The molecule has 1 amide bonds. The maximum absolute atomic E-state index is 13.6. The molecular formula is C39H54ClN3O5S. The van der Waals surface area contributed by atoms with Gasteiger partial charge in [-0.1, -0.05) is 37.9 Å². The van der Waals surface area contributed by atoms with Gasteiger partial charge >= 0.3 is 0 Å². The number of carbonyl (C=O) groups excluding carboxylic acids is 1. The third-order valence-electron chi connectivity index (χ3n) is 12.3. The van der Waals surface area contributed by atoms with Crippen LogP contribution in [0.4, 0.5) is 5.69 Å². The second-order valence-electron chi connectivity index (χ2n) is 15.5. The van der Waals surface area contributed by atoms with Gasteiger partial charge in [0.05, 0.1) is 36.8 Å². The van der Waals surface area contributed by atoms with Crippen LogP contribution in [0.25, 0.3) is 0 Å². The van der Waals surface area contributed by atoms with Crippen LogP contribution in [-0.4, -0.2) is 78.6 Å². The molecule has 10 heteroatoms. The Balaban J connectivity index is 1.11. The van der Waals surface area contributed by atoms with Gasteiger partial charge in [0.1, 0.15) is 16.7 Å². The van der Waals surface area contributed by atoms with Crippen molar-refractivity contribution in [3.63, 3.8) is 0 Å². The number of aryl methyl sites for hydroxylation is 1. The minimum atomic E-state index is -1.47. The van der Waals surface area contributed by atoms with Crippen molar-refractivity contribution in [3.8, 4) is 5.75 Å². The molecule has 7 rings (SSSR count). The molecule has 3 heterocycles. The van der Waals surface area contributed by atoms with Gasteiger partial charge in [-0.15, -0.1) is 0 Å². The number of anilines is 1. The first-order valence-corrected chi connectivity index (χ1v) is 20.3. The summed E-state index contributed by atoms with van der Waals surface area (Å²) in [6.07, 6.45) is 9.53. The Hall–Kier alpha value is -2.17. The number of hydrogen-bond acceptors (Lipinski definition) is 7. The van der Waals surface area contributed by atoms with E-state index in [9.17, 15) is 9.00 Å². The molecule has 1 spiro atoms. The highest BCUT2D eigenvalue weighted by atomic mass is 35.5. The SMILES string of the molecule is CCCC(C)C(C)S(=O)NC(=O)c1ccc2c(c1)N(CC1CCC1CC1OCC(N3CCC3)CO1)C[C@@]1(CCCc3cc(Cl)ccc31)CO2. The van der Waals surface area contributed by atoms with Gasteiger partial charge in [-0.25, -0.2) is 4.21 Å². The Bertz CT molecular complexity index is 1510. The topological polar surface area (TPSA) is 80.3 Å². The number of carbonyl (C=O) groups is 1. The van der Waals surface area contributed by atoms with E-state index >= 15 is 0 Å². The molecule has 1 saturated carbocycles. The lowest BCUT2D eigenvalue weighted by atomic mass is 9.69. The summed E-state index contributed by atoms with van der Waals surface area (Å²) in [4.78, 5) is 18.5. The third-order valence-corrected chi connectivity index (χ3v) is 14.0. The van der Waals surface area contributed by atoms with Gasteiger partial charge in [-0.05, 0) is 124 Å². The number of nitrogens with zero attached hydrogens (tertiary/aromatic N) is 2. The first-order chi connectivity index (χ1) is 23.7. The van der Waals surface area contributed by atoms with E-state index in [2.05, 4.69) is 40.5 Å². The number of fused-ring (bicyclic) bond motifs is 3. The summed E-state index contributed by atoms with van der Waals surface area (Å²) in [5.74, 6) is 1.76. The van der Waals surface area contributed by atoms with Crippen molar-refractivity contribution < 1.29 is 23.2 Å². The molecule has 2 aromatic rings. The van der Waals surface area contributed by atoms with Crippen molar-refractivity contribution >= 4 is 34.2 Å². The predicted molar refractivity (Wildman–Crippen MR) is 196 cm³/mol. The van der Waals surface area contributed by atoms with Crippen molar-refractivity contribution in [3.05, 3.63) is 58.1 Å². The minimum Gasteiger partial charge on any atom is -0.490 e. The van der Waals surface area contributed by atoms with Crippen LogP contribution in [0.3, 0.4) is 0 Å². The molecule has 5 unspecified atom stereocenters. The summed E-state index contributed by atoms with van der Waals surface area (Å²) in [6, 6.07) is 12.5. The number of hydrogen-bond donors (Lipinski definition) is 1. The smallest absolute Gasteiger partial charge is 0.263 e. The Labute approximate surface area is 300 Å². The van der Waals surface area contributed by atoms with Crippen LogP contribution in [0.15, 0.2) is 36.4 Å². The van der Waals surface area contributed by atoms with Crippen molar-refractivity contribution in [2.45, 2.75) is 102 Å². The zero-order chi connectivity index (χ0) is 34.1. The Morgan fingerprint density at radius 2 is 1.88 bits per heavy atom. The molecule has 5 aliphatic rings. The van der Waals surface area contributed by atoms with Gasteiger partial charge in [0.25, 0.3) is 5.91 Å². The molecule has 2 aromatic carbocycles. The Morgan fingerprint density at radius 3 is 2.59 bits per heavy atom. The van der Waals surface area contributed by atoms with Gasteiger partial charge in [0, 0.05) is 35.5 Å². The molecular weight excluding hydrogens is 658 g/mol. The number of halogens is 1. The predicted octanol–water partition coefficient (Wildman–Crippen LogP) is 6.89. The monoisotopic (exact) mass is 711 g/mol. The Morgan fingerprint density at radius 1 is 1.08 bits per heavy atom. The van der Waals surface area contributed by atoms with Crippen molar-refractivity contribution in [1.82, 2.24) is 9.62 Å². The van der Waals surface area contributed by atoms with Crippen LogP contribution in [0.2, 0.25) is 5.02 Å². The standard InChI is InChI=1S/C39H54ClN3O5S/c1-4-7-26(2)27(3)49(45)41-38(44)30-11-14-36-35(19-30)43(24-39(25-48-36)15-5-8-29-18-32(40)12-13-34(29)39)21-31-10-9-28(31)20-37-46-22-33(23-47-37)42-16-6-17-42/h11-14,18-19,26-28,31,33,37H,4-10,15-17,20-25H2,1-3H3,(H,41,44)/t26?,27?,28?,31?,33?,37?,39-,49?/m0/s1. The summed E-state index contributed by atoms with van der Waals surface area (Å²) in [7, 11) is -1.47. The number of nitrogens with one attached hydrogen (secondary N) is 1. The number of ether oxygens (including phenoxy) is 3. The fourth-order valence-corrected chi connectivity index (χ4v) is 9.94. The van der Waals surface area contributed by atoms with E-state index in [1.54, 1.807) is 0 Å². The summed E-state index contributed by atoms with van der Waals surface area (Å²) in [5.41, 5.74) is 3.90. The molecule has 2 aliphatic carbocycles. The van der Waals surface area contributed by atoms with Crippen LogP contribution in [0.5, 0.6) is 5.75 Å². The maximum Gasteiger partial charge on any atom is 0.263 e. The third kappa shape index (κ3) is 7.57. The van der Waals surface area contributed by atoms with E-state index in [1.165, 1.54) is 24.0 Å². The summed E-state index contributed by atoms with van der Waals surface area (Å²) >= 11 is 6.47. The molecule has 3 fully saturated rings. The lowest BCUT2D eigenvalue weighted by Gasteiger charge is -2.46. The molecule has 268 valence electrons. The second kappa shape index (κ2) is 15.2. The molecule has 8 nitrogen and oxygen atoms in total. The Kier molecular flexibility index (Phi) is 10.9. The van der Waals surface area contributed by atoms with Crippen molar-refractivity contribution in [2.75, 3.05) is 50.9 Å². The van der Waals surface area contributed by atoms with E-state index in [-0.39, 0.29) is 28.8 Å². The highest BCUT2D eigenvalue weighted by Crippen LogP contribution is 2.47. The number of likely N-dealkylation sites (tertiary alicyclic amines) is 1. The zero-order valence-electron chi connectivity index (χ0n) is 29.5. The zero-order valence-corrected chi connectivity index (χ0v) is 31.0. The number of rotatable bonds is 11. The van der Waals surface area contributed by atoms with E-state index in [0.29, 0.717) is 30.0 Å². The average molecular weight is 712 g/mol. The molecule has 1 N–H and O–H groups in total. The van der Waals surface area contributed by atoms with Crippen LogP contribution < -0.4 is 14.4 Å². The van der Waals surface area contributed by atoms with Crippen LogP contribution in [-0.2, 0) is 32.3 Å². The molecule has 0 radical (unpaired) electrons. The number of benzene rings is 2. The van der Waals surface area contributed by atoms with Gasteiger partial charge in [-0.3, -0.25) is 14.4 Å². The minimum absolute atomic E-state index is 0.126. The molecule has 2 saturated heterocycles. The maximum atomic E-state index is 13.6. The van der Waals surface area contributed by atoms with Gasteiger partial charge < -0.3 is 19.1 Å². The first kappa shape index (κ1) is 35.2. The summed E-state index contributed by atoms with van der Waals surface area (Å²) < 4.78 is 35.2. The van der Waals surface area contributed by atoms with Crippen LogP contribution in [0.1, 0.15) is 93.6 Å². The highest BCUT2D eigenvalue weighted by Gasteiger charge is 2.44. The van der Waals surface area contributed by atoms with E-state index in [0.717, 1.165) is 101 Å². The molecule has 0 bridgehead atoms. The summed E-state index contributed by atoms with van der Waals surface area (Å²) in [6.45, 7) is 12.3. The molecule has 6 atom stereocenters. The highest BCUT2D eigenvalue weighted by molar-refractivity contribution is 7.84. The molecule has 3 aliphatic heterocycles. The first-order valence-electron chi connectivity index (χ1n) is 18.7. The number of amides is 1. The van der Waals surface area contributed by atoms with E-state index < -0.39 is 11.0 Å². The molecule has 49 heavy (non-hydrogen) atoms. The van der Waals surface area contributed by atoms with Crippen LogP contribution in [0, 0.1) is 17.8 Å². The van der Waals surface area contributed by atoms with E-state index in [1.807, 2.05) is 31.2 Å². The van der Waals surface area contributed by atoms with Gasteiger partial charge in [0.15, 0.2) is 6.29 Å². The van der Waals surface area contributed by atoms with E-state index in [4.69, 9.17) is 25.8 Å². The quantitative estimate of drug-likeness (QED) is 0.272. The lowest BCUT2D eigenvalue weighted by molar-refractivity contribution is -0.220. The largest absolute Gasteiger partial charge is 0.490 e. The van der Waals surface area contributed by atoms with Gasteiger partial charge in [0.2, 0.25) is 0 Å². The lowest BCUT2D eigenvalue weighted by Crippen LogP contribution is -2.53. The molecule has 0 aromatic heterocycles. The second-order valence-corrected chi connectivity index (χ2v) is 17.4. The summed E-state index contributed by atoms with van der Waals surface area (Å²) in [5, 5.41) is 0.649. The fraction of sp³-hybridized carbons (Fsp3) is 0.667. The van der Waals surface area contributed by atoms with Crippen molar-refractivity contribution in [2.24, 2.45) is 17.8 Å².